The number of piperazine rings is 1. The Kier molecular flexibility index (Phi) is 6.29. The number of hydrogen-bond donors (Lipinski definition) is 0. The third-order valence-electron chi connectivity index (χ3n) is 4.57. The van der Waals surface area contributed by atoms with Crippen LogP contribution in [0.5, 0.6) is 11.5 Å². The van der Waals surface area contributed by atoms with Gasteiger partial charge in [-0.25, -0.2) is 8.42 Å². The second-order valence-corrected chi connectivity index (χ2v) is 7.96. The molecule has 0 saturated carbocycles. The molecule has 0 aliphatic carbocycles. The van der Waals surface area contributed by atoms with Crippen LogP contribution < -0.4 is 9.47 Å². The first-order valence-corrected chi connectivity index (χ1v) is 9.80. The van der Waals surface area contributed by atoms with E-state index in [4.69, 9.17) is 9.47 Å². The Hall–Kier alpha value is -1.80. The molecule has 1 aromatic carbocycles. The van der Waals surface area contributed by atoms with E-state index in [0.717, 1.165) is 6.42 Å². The minimum absolute atomic E-state index is 0.0402. The van der Waals surface area contributed by atoms with Crippen LogP contribution in [-0.2, 0) is 14.8 Å². The van der Waals surface area contributed by atoms with E-state index >= 15 is 0 Å². The summed E-state index contributed by atoms with van der Waals surface area (Å²) in [6.45, 7) is 5.20. The number of ether oxygens (including phenoxy) is 2. The first-order valence-electron chi connectivity index (χ1n) is 8.36. The monoisotopic (exact) mass is 370 g/mol. The van der Waals surface area contributed by atoms with Crippen LogP contribution >= 0.6 is 0 Å². The van der Waals surface area contributed by atoms with Gasteiger partial charge in [-0.15, -0.1) is 0 Å². The molecule has 0 aromatic heterocycles. The van der Waals surface area contributed by atoms with E-state index in [-0.39, 0.29) is 35.6 Å². The number of amides is 1. The van der Waals surface area contributed by atoms with Crippen LogP contribution in [-0.4, -0.2) is 63.9 Å². The number of sulfonamides is 1. The average Bonchev–Trinajstić information content (AvgIpc) is 2.66. The quantitative estimate of drug-likeness (QED) is 0.760. The van der Waals surface area contributed by atoms with Gasteiger partial charge in [0, 0.05) is 38.2 Å². The molecule has 1 aliphatic heterocycles. The fourth-order valence-corrected chi connectivity index (χ4v) is 4.35. The molecule has 1 amide bonds. The summed E-state index contributed by atoms with van der Waals surface area (Å²) in [5.41, 5.74) is 0. The Bertz CT molecular complexity index is 712. The van der Waals surface area contributed by atoms with E-state index in [9.17, 15) is 13.2 Å². The lowest BCUT2D eigenvalue weighted by molar-refractivity contribution is -0.136. The highest BCUT2D eigenvalue weighted by atomic mass is 32.2. The van der Waals surface area contributed by atoms with Crippen LogP contribution in [0.3, 0.4) is 0 Å². The van der Waals surface area contributed by atoms with Gasteiger partial charge in [-0.2, -0.15) is 4.31 Å². The van der Waals surface area contributed by atoms with Crippen LogP contribution in [0.1, 0.15) is 20.3 Å². The minimum Gasteiger partial charge on any atom is -0.497 e. The van der Waals surface area contributed by atoms with Gasteiger partial charge in [-0.3, -0.25) is 4.79 Å². The van der Waals surface area contributed by atoms with E-state index in [1.807, 2.05) is 13.8 Å². The third kappa shape index (κ3) is 4.07. The summed E-state index contributed by atoms with van der Waals surface area (Å²) in [5.74, 6) is 0.768. The Morgan fingerprint density at radius 3 is 2.32 bits per heavy atom. The second kappa shape index (κ2) is 8.05. The van der Waals surface area contributed by atoms with Gasteiger partial charge in [0.05, 0.1) is 14.2 Å². The van der Waals surface area contributed by atoms with E-state index in [1.54, 1.807) is 17.0 Å². The number of carbonyl (C=O) groups excluding carboxylic acids is 1. The van der Waals surface area contributed by atoms with Crippen LogP contribution in [0.15, 0.2) is 23.1 Å². The van der Waals surface area contributed by atoms with Gasteiger partial charge in [-0.05, 0) is 18.6 Å². The second-order valence-electron chi connectivity index (χ2n) is 6.06. The lowest BCUT2D eigenvalue weighted by Crippen LogP contribution is -2.51. The molecule has 7 nitrogen and oxygen atoms in total. The topological polar surface area (TPSA) is 76.2 Å². The van der Waals surface area contributed by atoms with Crippen LogP contribution in [0, 0.1) is 5.92 Å². The van der Waals surface area contributed by atoms with Gasteiger partial charge < -0.3 is 14.4 Å². The molecule has 2 rings (SSSR count). The van der Waals surface area contributed by atoms with Crippen molar-refractivity contribution in [3.8, 4) is 11.5 Å². The lowest BCUT2D eigenvalue weighted by Gasteiger charge is -2.35. The highest BCUT2D eigenvalue weighted by Crippen LogP contribution is 2.31. The zero-order valence-corrected chi connectivity index (χ0v) is 16.0. The number of carbonyl (C=O) groups is 1. The minimum atomic E-state index is -3.72. The van der Waals surface area contributed by atoms with Gasteiger partial charge in [0.2, 0.25) is 15.9 Å². The fourth-order valence-electron chi connectivity index (χ4n) is 2.76. The summed E-state index contributed by atoms with van der Waals surface area (Å²) < 4.78 is 37.7. The molecule has 0 bridgehead atoms. The van der Waals surface area contributed by atoms with Crippen LogP contribution in [0.2, 0.25) is 0 Å². The van der Waals surface area contributed by atoms with Crippen LogP contribution in [0.25, 0.3) is 0 Å². The molecule has 0 N–H and O–H groups in total. The number of benzene rings is 1. The average molecular weight is 370 g/mol. The van der Waals surface area contributed by atoms with Crippen molar-refractivity contribution >= 4 is 15.9 Å². The maximum Gasteiger partial charge on any atom is 0.247 e. The third-order valence-corrected chi connectivity index (χ3v) is 6.49. The largest absolute Gasteiger partial charge is 0.497 e. The number of methoxy groups -OCH3 is 2. The fraction of sp³-hybridized carbons (Fsp3) is 0.588. The maximum absolute atomic E-state index is 13.0. The van der Waals surface area contributed by atoms with Crippen molar-refractivity contribution in [3.63, 3.8) is 0 Å². The van der Waals surface area contributed by atoms with Gasteiger partial charge in [0.15, 0.2) is 0 Å². The number of hydrogen-bond acceptors (Lipinski definition) is 5. The summed E-state index contributed by atoms with van der Waals surface area (Å²) >= 11 is 0. The molecule has 1 aliphatic rings. The molecule has 0 radical (unpaired) electrons. The van der Waals surface area contributed by atoms with Crippen LogP contribution in [0.4, 0.5) is 0 Å². The molecule has 140 valence electrons. The van der Waals surface area contributed by atoms with Gasteiger partial charge in [0.25, 0.3) is 0 Å². The normalized spacial score (nSPS) is 17.2. The molecule has 1 heterocycles. The van der Waals surface area contributed by atoms with E-state index in [1.165, 1.54) is 24.6 Å². The molecule has 8 heteroatoms. The molecule has 1 saturated heterocycles. The summed E-state index contributed by atoms with van der Waals surface area (Å²) in [4.78, 5) is 14.1. The first kappa shape index (κ1) is 19.5. The number of rotatable bonds is 6. The van der Waals surface area contributed by atoms with E-state index in [0.29, 0.717) is 18.8 Å². The molecular weight excluding hydrogens is 344 g/mol. The smallest absolute Gasteiger partial charge is 0.247 e. The molecule has 1 aromatic rings. The molecule has 1 atom stereocenters. The highest BCUT2D eigenvalue weighted by molar-refractivity contribution is 7.89. The van der Waals surface area contributed by atoms with Gasteiger partial charge in [-0.1, -0.05) is 13.8 Å². The van der Waals surface area contributed by atoms with E-state index in [2.05, 4.69) is 0 Å². The van der Waals surface area contributed by atoms with E-state index < -0.39 is 10.0 Å². The molecule has 1 fully saturated rings. The van der Waals surface area contributed by atoms with Crippen molar-refractivity contribution < 1.29 is 22.7 Å². The molecular formula is C17H26N2O5S. The molecule has 0 spiro atoms. The summed E-state index contributed by atoms with van der Waals surface area (Å²) in [6.07, 6.45) is 0.776. The number of nitrogens with zero attached hydrogens (tertiary/aromatic N) is 2. The lowest BCUT2D eigenvalue weighted by atomic mass is 10.1. The Balaban J connectivity index is 2.19. The standard InChI is InChI=1S/C17H26N2O5S/c1-5-13(2)17(20)18-8-10-19(11-9-18)25(21,22)16-12-14(23-3)6-7-15(16)24-4/h6-7,12-13H,5,8-11H2,1-4H3. The van der Waals surface area contributed by atoms with Crippen molar-refractivity contribution in [1.82, 2.24) is 9.21 Å². The van der Waals surface area contributed by atoms with Crippen molar-refractivity contribution in [2.45, 2.75) is 25.2 Å². The van der Waals surface area contributed by atoms with Crippen molar-refractivity contribution in [3.05, 3.63) is 18.2 Å². The first-order chi connectivity index (χ1) is 11.8. The molecule has 1 unspecified atom stereocenters. The Labute approximate surface area is 149 Å². The Morgan fingerprint density at radius 2 is 1.80 bits per heavy atom. The maximum atomic E-state index is 13.0. The SMILES string of the molecule is CCC(C)C(=O)N1CCN(S(=O)(=O)c2cc(OC)ccc2OC)CC1. The van der Waals surface area contributed by atoms with Crippen molar-refractivity contribution in [2.75, 3.05) is 40.4 Å². The summed E-state index contributed by atoms with van der Waals surface area (Å²) in [5, 5.41) is 0. The molecule has 25 heavy (non-hydrogen) atoms. The predicted molar refractivity (Wildman–Crippen MR) is 94.3 cm³/mol. The van der Waals surface area contributed by atoms with Gasteiger partial charge >= 0.3 is 0 Å². The summed E-state index contributed by atoms with van der Waals surface area (Å²) in [7, 11) is -0.804. The summed E-state index contributed by atoms with van der Waals surface area (Å²) in [6, 6.07) is 4.69. The van der Waals surface area contributed by atoms with Gasteiger partial charge in [0.1, 0.15) is 16.4 Å². The Morgan fingerprint density at radius 1 is 1.16 bits per heavy atom. The predicted octanol–water partition coefficient (Wildman–Crippen LogP) is 1.58. The zero-order valence-electron chi connectivity index (χ0n) is 15.2. The highest BCUT2D eigenvalue weighted by Gasteiger charge is 2.33. The van der Waals surface area contributed by atoms with Crippen molar-refractivity contribution in [1.29, 1.82) is 0 Å². The zero-order chi connectivity index (χ0) is 18.6. The van der Waals surface area contributed by atoms with Crippen molar-refractivity contribution in [2.24, 2.45) is 5.92 Å².